The van der Waals surface area contributed by atoms with Crippen LogP contribution in [-0.4, -0.2) is 229 Å². The molecule has 26 nitrogen and oxygen atoms in total. The van der Waals surface area contributed by atoms with Gasteiger partial charge in [-0.1, -0.05) is 77.8 Å². The largest absolute Gasteiger partial charge is 0.508 e. The average molecular weight is 1150 g/mol. The monoisotopic (exact) mass is 1150 g/mol. The fourth-order valence-corrected chi connectivity index (χ4v) is 10.4. The van der Waals surface area contributed by atoms with E-state index in [-0.39, 0.29) is 37.3 Å². The van der Waals surface area contributed by atoms with Gasteiger partial charge in [0.1, 0.15) is 66.9 Å². The van der Waals surface area contributed by atoms with Crippen molar-refractivity contribution in [1.29, 1.82) is 0 Å². The number of benzene rings is 1. The van der Waals surface area contributed by atoms with Gasteiger partial charge in [0, 0.05) is 32.4 Å². The van der Waals surface area contributed by atoms with Crippen molar-refractivity contribution in [3.8, 4) is 5.75 Å². The molecule has 81 heavy (non-hydrogen) atoms. The van der Waals surface area contributed by atoms with Crippen LogP contribution in [0.15, 0.2) is 24.3 Å². The summed E-state index contributed by atoms with van der Waals surface area (Å²) in [5.74, 6) is -8.16. The number of nitrogens with one attached hydrogen (secondary N) is 5. The van der Waals surface area contributed by atoms with E-state index in [2.05, 4.69) is 47.4 Å². The third-order valence-corrected chi connectivity index (χ3v) is 15.3. The Morgan fingerprint density at radius 1 is 0.753 bits per heavy atom. The first kappa shape index (κ1) is 67.9. The van der Waals surface area contributed by atoms with Crippen LogP contribution in [0.1, 0.15) is 129 Å². The third kappa shape index (κ3) is 20.7. The molecule has 16 atom stereocenters. The van der Waals surface area contributed by atoms with E-state index in [4.69, 9.17) is 10.5 Å². The van der Waals surface area contributed by atoms with Crippen LogP contribution in [0.3, 0.4) is 0 Å². The lowest BCUT2D eigenvalue weighted by atomic mass is 9.91. The van der Waals surface area contributed by atoms with Crippen molar-refractivity contribution in [3.63, 3.8) is 0 Å². The Morgan fingerprint density at radius 2 is 1.36 bits per heavy atom. The molecule has 0 aliphatic carbocycles. The maximum Gasteiger partial charge on any atom is 0.248 e. The number of carbonyl (C=O) groups excluding carboxylic acids is 8. The molecule has 7 unspecified atom stereocenters. The van der Waals surface area contributed by atoms with Gasteiger partial charge < -0.3 is 92.2 Å². The number of primary amides is 1. The van der Waals surface area contributed by atoms with Gasteiger partial charge in [-0.05, 0) is 55.7 Å². The van der Waals surface area contributed by atoms with Gasteiger partial charge in [-0.25, -0.2) is 0 Å². The number of fused-ring (bicyclic) bond motifs is 2. The predicted octanol–water partition coefficient (Wildman–Crippen LogP) is -2.61. The SMILES string of the molecule is CCC(C)CC(C)CCCCCCCCC(=O)N[C@@H]1C[C@H](O)[C@@H](OCC[N+](C)(C)C)NC(=O)C2[C@@H](O)CCN2C(=O)C([C@@H](O)CC(N)=O)NC(=O)C([C@H](O)[C@@H](O)c2ccc(O)cc2)NC(=O)C2C[C@@H](O)CN2C(=O)C([C@H](C)O)NC1=O. The molecule has 0 bridgehead atoms. The van der Waals surface area contributed by atoms with Crippen molar-refractivity contribution in [3.05, 3.63) is 29.8 Å². The number of hydrogen-bond donors (Lipinski definition) is 14. The van der Waals surface area contributed by atoms with Crippen LogP contribution in [0.25, 0.3) is 0 Å². The number of amides is 8. The number of aliphatic hydroxyl groups is 7. The third-order valence-electron chi connectivity index (χ3n) is 15.3. The topological polar surface area (TPSA) is 400 Å². The number of nitrogens with zero attached hydrogens (tertiary/aromatic N) is 3. The van der Waals surface area contributed by atoms with E-state index in [9.17, 15) is 79.2 Å². The van der Waals surface area contributed by atoms with Gasteiger partial charge in [0.2, 0.25) is 47.3 Å². The molecule has 3 fully saturated rings. The van der Waals surface area contributed by atoms with Crippen LogP contribution in [-0.2, 0) is 43.1 Å². The molecule has 26 heteroatoms. The highest BCUT2D eigenvalue weighted by Crippen LogP contribution is 2.27. The Kier molecular flexibility index (Phi) is 26.6. The molecule has 0 aromatic heterocycles. The number of quaternary nitrogens is 1. The van der Waals surface area contributed by atoms with E-state index < -0.39 is 165 Å². The number of unbranched alkanes of at least 4 members (excludes halogenated alkanes) is 5. The first-order chi connectivity index (χ1) is 38.0. The van der Waals surface area contributed by atoms with Crippen molar-refractivity contribution in [2.24, 2.45) is 17.6 Å². The highest BCUT2D eigenvalue weighted by atomic mass is 16.5. The molecule has 0 radical (unpaired) electrons. The average Bonchev–Trinajstić information content (AvgIpc) is 4.17. The van der Waals surface area contributed by atoms with Gasteiger partial charge in [0.05, 0.1) is 58.6 Å². The Hall–Kier alpha value is -5.58. The number of ether oxygens (including phenoxy) is 1. The van der Waals surface area contributed by atoms with E-state index in [1.165, 1.54) is 18.6 Å². The first-order valence-corrected chi connectivity index (χ1v) is 28.4. The van der Waals surface area contributed by atoms with Crippen molar-refractivity contribution < 1.29 is 88.4 Å². The van der Waals surface area contributed by atoms with Gasteiger partial charge in [-0.15, -0.1) is 0 Å². The lowest BCUT2D eigenvalue weighted by molar-refractivity contribution is -0.870. The number of hydrogen-bond acceptors (Lipinski definition) is 17. The van der Waals surface area contributed by atoms with Crippen LogP contribution < -0.4 is 32.3 Å². The number of nitrogens with two attached hydrogens (primary N) is 1. The molecule has 15 N–H and O–H groups in total. The molecule has 1 aromatic rings. The smallest absolute Gasteiger partial charge is 0.248 e. The van der Waals surface area contributed by atoms with Crippen LogP contribution in [0.5, 0.6) is 5.75 Å². The highest BCUT2D eigenvalue weighted by molar-refractivity contribution is 5.98. The summed E-state index contributed by atoms with van der Waals surface area (Å²) in [7, 11) is 5.50. The summed E-state index contributed by atoms with van der Waals surface area (Å²) in [6, 6.07) is -7.13. The quantitative estimate of drug-likeness (QED) is 0.0372. The summed E-state index contributed by atoms with van der Waals surface area (Å²) in [6.07, 6.45) is -8.99. The number of phenols is 1. The van der Waals surface area contributed by atoms with Crippen LogP contribution >= 0.6 is 0 Å². The molecule has 458 valence electrons. The minimum atomic E-state index is -2.35. The molecule has 4 rings (SSSR count). The second-order valence-electron chi connectivity index (χ2n) is 23.4. The van der Waals surface area contributed by atoms with Gasteiger partial charge in [-0.3, -0.25) is 38.4 Å². The number of aromatic hydroxyl groups is 1. The summed E-state index contributed by atoms with van der Waals surface area (Å²) in [6.45, 7) is 7.03. The standard InChI is InChI=1S/C55H91N9O17/c1-8-30(2)25-31(3)15-13-11-9-10-12-14-16-42(72)57-36-27-40(70)53(81-24-23-64(5,6)7)61-52(78)46-38(68)21-22-62(46)55(80)44(39(69)28-41(56)71)59-51(77)45(48(74)47(73)33-17-19-34(66)20-18-33)60-50(76)37-26-35(67)29-63(37)54(79)43(32(4)65)58-49(36)75/h17-20,30-32,35-40,43-48,53,65,67-70,73-74H,8-16,21-29H2,1-7H3,(H7-,56,57,58,59,60,61,66,71,72,75,76,77,78)/p+1/t30?,31?,32-,35+,36+,37?,38-,39-,40-,43?,44?,45?,46?,47-,48-,53+/m0/s1. The summed E-state index contributed by atoms with van der Waals surface area (Å²) in [4.78, 5) is 115. The number of phenolic OH excluding ortho intramolecular Hbond substituents is 1. The maximum absolute atomic E-state index is 14.7. The van der Waals surface area contributed by atoms with Crippen molar-refractivity contribution in [1.82, 2.24) is 36.4 Å². The normalized spacial score (nSPS) is 28.0. The fraction of sp³-hybridized carbons (Fsp3) is 0.745. The number of aliphatic hydroxyl groups excluding tert-OH is 7. The summed E-state index contributed by atoms with van der Waals surface area (Å²) in [5, 5.41) is 102. The minimum absolute atomic E-state index is 0.0508. The Bertz CT molecular complexity index is 2250. The first-order valence-electron chi connectivity index (χ1n) is 28.4. The van der Waals surface area contributed by atoms with Gasteiger partial charge in [0.25, 0.3) is 0 Å². The second kappa shape index (κ2) is 31.7. The zero-order valence-electron chi connectivity index (χ0n) is 47.9. The summed E-state index contributed by atoms with van der Waals surface area (Å²) < 4.78 is 6.37. The lowest BCUT2D eigenvalue weighted by Gasteiger charge is -2.35. The number of rotatable bonds is 24. The Balaban J connectivity index is 1.78. The molecule has 0 saturated carbocycles. The zero-order chi connectivity index (χ0) is 60.5. The van der Waals surface area contributed by atoms with E-state index >= 15 is 0 Å². The molecule has 3 saturated heterocycles. The Morgan fingerprint density at radius 3 is 1.98 bits per heavy atom. The number of likely N-dealkylation sites (N-methyl/N-ethyl adjacent to an activating group) is 1. The molecule has 3 aliphatic rings. The lowest BCUT2D eigenvalue weighted by Crippen LogP contribution is -2.64. The molecular formula is C55H92N9O17+. The zero-order valence-corrected chi connectivity index (χ0v) is 47.9. The van der Waals surface area contributed by atoms with Gasteiger partial charge in [0.15, 0.2) is 6.23 Å². The molecule has 3 heterocycles. The van der Waals surface area contributed by atoms with Crippen molar-refractivity contribution in [2.45, 2.75) is 203 Å². The van der Waals surface area contributed by atoms with Crippen LogP contribution in [0.4, 0.5) is 0 Å². The predicted molar refractivity (Wildman–Crippen MR) is 292 cm³/mol. The summed E-state index contributed by atoms with van der Waals surface area (Å²) in [5.41, 5.74) is 5.30. The molecule has 8 amide bonds. The van der Waals surface area contributed by atoms with Crippen molar-refractivity contribution >= 4 is 47.3 Å². The van der Waals surface area contributed by atoms with Gasteiger partial charge in [-0.2, -0.15) is 0 Å². The van der Waals surface area contributed by atoms with Gasteiger partial charge >= 0.3 is 0 Å². The number of carbonyl (C=O) groups is 8. The summed E-state index contributed by atoms with van der Waals surface area (Å²) >= 11 is 0. The Labute approximate surface area is 474 Å². The van der Waals surface area contributed by atoms with Crippen LogP contribution in [0, 0.1) is 11.8 Å². The molecule has 0 spiro atoms. The van der Waals surface area contributed by atoms with E-state index in [0.717, 1.165) is 67.4 Å². The highest BCUT2D eigenvalue weighted by Gasteiger charge is 2.49. The molecular weight excluding hydrogens is 1060 g/mol. The van der Waals surface area contributed by atoms with E-state index in [0.29, 0.717) is 29.2 Å². The minimum Gasteiger partial charge on any atom is -0.508 e. The maximum atomic E-state index is 14.7. The van der Waals surface area contributed by atoms with E-state index in [1.807, 2.05) is 21.1 Å². The van der Waals surface area contributed by atoms with E-state index in [1.54, 1.807) is 0 Å². The molecule has 3 aliphatic heterocycles. The second-order valence-corrected chi connectivity index (χ2v) is 23.4. The van der Waals surface area contributed by atoms with Crippen LogP contribution in [0.2, 0.25) is 0 Å². The fourth-order valence-electron chi connectivity index (χ4n) is 10.4. The molecule has 1 aromatic carbocycles. The van der Waals surface area contributed by atoms with Crippen molar-refractivity contribution in [2.75, 3.05) is 47.4 Å².